The quantitative estimate of drug-likeness (QED) is 0.465. The number of anilines is 1. The molecule has 3 aromatic rings. The highest BCUT2D eigenvalue weighted by molar-refractivity contribution is 6.07. The van der Waals surface area contributed by atoms with Gasteiger partial charge in [0.25, 0.3) is 11.8 Å². The van der Waals surface area contributed by atoms with Crippen LogP contribution in [0.2, 0.25) is 0 Å². The van der Waals surface area contributed by atoms with Crippen LogP contribution in [-0.2, 0) is 16.1 Å². The fourth-order valence-corrected chi connectivity index (χ4v) is 4.98. The lowest BCUT2D eigenvalue weighted by molar-refractivity contribution is -0.122. The molecule has 0 unspecified atom stereocenters. The number of amides is 2. The summed E-state index contributed by atoms with van der Waals surface area (Å²) in [6.07, 6.45) is 6.24. The monoisotopic (exact) mass is 492 g/mol. The van der Waals surface area contributed by atoms with E-state index in [-0.39, 0.29) is 18.4 Å². The number of carbonyl (C=O) groups excluding carboxylic acids is 2. The molecule has 0 spiro atoms. The number of hydrogen-bond donors (Lipinski definition) is 0. The molecule has 2 aromatic carbocycles. The number of fused-ring (bicyclic) bond motifs is 2. The zero-order valence-corrected chi connectivity index (χ0v) is 21.5. The van der Waals surface area contributed by atoms with Gasteiger partial charge in [-0.05, 0) is 49.6 Å². The SMILES string of the molecule is COCC(=O)N1CCCCCCCCN(C(=O)c2c(C)oc3ccc(OC)cc23)Cc2ccccc21. The summed E-state index contributed by atoms with van der Waals surface area (Å²) in [6, 6.07) is 13.4. The Morgan fingerprint density at radius 1 is 0.944 bits per heavy atom. The Balaban J connectivity index is 1.73. The van der Waals surface area contributed by atoms with Gasteiger partial charge >= 0.3 is 0 Å². The van der Waals surface area contributed by atoms with Crippen LogP contribution in [0.4, 0.5) is 5.69 Å². The van der Waals surface area contributed by atoms with Gasteiger partial charge in [0, 0.05) is 37.8 Å². The number of rotatable bonds is 4. The van der Waals surface area contributed by atoms with Crippen LogP contribution < -0.4 is 9.64 Å². The fraction of sp³-hybridized carbons (Fsp3) is 0.448. The van der Waals surface area contributed by atoms with E-state index in [1.165, 1.54) is 7.11 Å². The van der Waals surface area contributed by atoms with E-state index >= 15 is 0 Å². The number of benzene rings is 2. The van der Waals surface area contributed by atoms with Gasteiger partial charge in [-0.2, -0.15) is 0 Å². The third-order valence-electron chi connectivity index (χ3n) is 6.84. The number of nitrogens with zero attached hydrogens (tertiary/aromatic N) is 2. The van der Waals surface area contributed by atoms with E-state index in [9.17, 15) is 9.59 Å². The van der Waals surface area contributed by atoms with E-state index < -0.39 is 0 Å². The van der Waals surface area contributed by atoms with Crippen LogP contribution in [-0.4, -0.2) is 50.6 Å². The first-order valence-corrected chi connectivity index (χ1v) is 12.8. The van der Waals surface area contributed by atoms with E-state index in [0.29, 0.717) is 42.3 Å². The van der Waals surface area contributed by atoms with Gasteiger partial charge in [-0.15, -0.1) is 0 Å². The zero-order valence-electron chi connectivity index (χ0n) is 21.5. The second-order valence-corrected chi connectivity index (χ2v) is 9.35. The standard InChI is InChI=1S/C29H36N2O5/c1-21-28(24-18-23(35-3)14-15-26(24)36-21)29(33)30-16-10-6-4-5-7-11-17-31(27(32)20-34-2)25-13-9-8-12-22(25)19-30/h8-9,12-15,18H,4-7,10-11,16-17,19-20H2,1-3H3. The molecule has 2 heterocycles. The van der Waals surface area contributed by atoms with E-state index in [1.54, 1.807) is 7.11 Å². The normalized spacial score (nSPS) is 15.5. The smallest absolute Gasteiger partial charge is 0.258 e. The molecule has 2 amide bonds. The van der Waals surface area contributed by atoms with Crippen molar-refractivity contribution in [2.75, 3.05) is 38.8 Å². The average molecular weight is 493 g/mol. The number of methoxy groups -OCH3 is 2. The lowest BCUT2D eigenvalue weighted by Gasteiger charge is -2.28. The molecule has 7 heteroatoms. The summed E-state index contributed by atoms with van der Waals surface area (Å²) in [6.45, 7) is 3.54. The van der Waals surface area contributed by atoms with Crippen LogP contribution in [0, 0.1) is 6.92 Å². The summed E-state index contributed by atoms with van der Waals surface area (Å²) in [7, 11) is 3.15. The van der Waals surface area contributed by atoms with E-state index in [1.807, 2.05) is 59.2 Å². The first-order valence-electron chi connectivity index (χ1n) is 12.8. The molecule has 0 atom stereocenters. The molecule has 1 aliphatic rings. The van der Waals surface area contributed by atoms with Gasteiger partial charge in [0.1, 0.15) is 23.7 Å². The van der Waals surface area contributed by atoms with Gasteiger partial charge < -0.3 is 23.7 Å². The molecule has 0 N–H and O–H groups in total. The second-order valence-electron chi connectivity index (χ2n) is 9.35. The van der Waals surface area contributed by atoms with E-state index in [2.05, 4.69) is 0 Å². The number of ether oxygens (including phenoxy) is 2. The van der Waals surface area contributed by atoms with Crippen molar-refractivity contribution in [1.82, 2.24) is 4.90 Å². The topological polar surface area (TPSA) is 72.2 Å². The number of furan rings is 1. The van der Waals surface area contributed by atoms with Crippen LogP contribution in [0.1, 0.15) is 60.2 Å². The molecule has 4 rings (SSSR count). The molecule has 0 bridgehead atoms. The predicted octanol–water partition coefficient (Wildman–Crippen LogP) is 5.73. The van der Waals surface area contributed by atoms with Crippen LogP contribution in [0.25, 0.3) is 11.0 Å². The van der Waals surface area contributed by atoms with Crippen molar-refractivity contribution in [2.45, 2.75) is 52.0 Å². The minimum Gasteiger partial charge on any atom is -0.497 e. The largest absolute Gasteiger partial charge is 0.497 e. The fourth-order valence-electron chi connectivity index (χ4n) is 4.98. The Morgan fingerprint density at radius 2 is 1.67 bits per heavy atom. The number of aryl methyl sites for hydroxylation is 1. The Hall–Kier alpha value is -3.32. The van der Waals surface area contributed by atoms with Gasteiger partial charge in [0.2, 0.25) is 0 Å². The zero-order chi connectivity index (χ0) is 25.5. The molecule has 7 nitrogen and oxygen atoms in total. The van der Waals surface area contributed by atoms with Crippen molar-refractivity contribution in [3.05, 3.63) is 59.4 Å². The molecule has 0 radical (unpaired) electrons. The number of para-hydroxylation sites is 1. The van der Waals surface area contributed by atoms with Gasteiger partial charge in [-0.3, -0.25) is 9.59 Å². The highest BCUT2D eigenvalue weighted by Crippen LogP contribution is 2.31. The van der Waals surface area contributed by atoms with Gasteiger partial charge in [-0.1, -0.05) is 43.9 Å². The lowest BCUT2D eigenvalue weighted by atomic mass is 10.1. The lowest BCUT2D eigenvalue weighted by Crippen LogP contribution is -2.37. The summed E-state index contributed by atoms with van der Waals surface area (Å²) in [5, 5.41) is 0.755. The highest BCUT2D eigenvalue weighted by atomic mass is 16.5. The third-order valence-corrected chi connectivity index (χ3v) is 6.84. The Morgan fingerprint density at radius 3 is 2.42 bits per heavy atom. The maximum absolute atomic E-state index is 14.0. The van der Waals surface area contributed by atoms with Crippen molar-refractivity contribution in [3.8, 4) is 5.75 Å². The number of hydrogen-bond acceptors (Lipinski definition) is 5. The predicted molar refractivity (Wildman–Crippen MR) is 141 cm³/mol. The van der Waals surface area contributed by atoms with Crippen LogP contribution in [0.3, 0.4) is 0 Å². The van der Waals surface area contributed by atoms with Gasteiger partial charge in [0.15, 0.2) is 0 Å². The molecular formula is C29H36N2O5. The Labute approximate surface area is 213 Å². The maximum atomic E-state index is 14.0. The van der Waals surface area contributed by atoms with Gasteiger partial charge in [-0.25, -0.2) is 0 Å². The first-order chi connectivity index (χ1) is 17.5. The molecule has 0 saturated heterocycles. The van der Waals surface area contributed by atoms with Crippen LogP contribution >= 0.6 is 0 Å². The minimum atomic E-state index is -0.0704. The van der Waals surface area contributed by atoms with Crippen molar-refractivity contribution >= 4 is 28.5 Å². The van der Waals surface area contributed by atoms with E-state index in [4.69, 9.17) is 13.9 Å². The van der Waals surface area contributed by atoms with Crippen molar-refractivity contribution in [3.63, 3.8) is 0 Å². The Kier molecular flexibility index (Phi) is 8.65. The summed E-state index contributed by atoms with van der Waals surface area (Å²) in [5.74, 6) is 1.14. The van der Waals surface area contributed by atoms with Crippen molar-refractivity contribution in [1.29, 1.82) is 0 Å². The number of carbonyl (C=O) groups is 2. The Bertz CT molecular complexity index is 1200. The minimum absolute atomic E-state index is 0.0268. The molecule has 192 valence electrons. The second kappa shape index (κ2) is 12.1. The molecule has 1 aliphatic heterocycles. The molecule has 1 aromatic heterocycles. The average Bonchev–Trinajstić information content (AvgIpc) is 3.22. The molecular weight excluding hydrogens is 456 g/mol. The van der Waals surface area contributed by atoms with Crippen LogP contribution in [0.5, 0.6) is 5.75 Å². The molecule has 0 aliphatic carbocycles. The third kappa shape index (κ3) is 5.73. The molecule has 0 fully saturated rings. The summed E-state index contributed by atoms with van der Waals surface area (Å²) in [5.41, 5.74) is 3.02. The maximum Gasteiger partial charge on any atom is 0.258 e. The van der Waals surface area contributed by atoms with Crippen LogP contribution in [0.15, 0.2) is 46.9 Å². The van der Waals surface area contributed by atoms with Crippen molar-refractivity contribution in [2.24, 2.45) is 0 Å². The van der Waals surface area contributed by atoms with E-state index in [0.717, 1.165) is 55.2 Å². The van der Waals surface area contributed by atoms with Gasteiger partial charge in [0.05, 0.1) is 12.7 Å². The molecule has 36 heavy (non-hydrogen) atoms. The summed E-state index contributed by atoms with van der Waals surface area (Å²) in [4.78, 5) is 30.7. The highest BCUT2D eigenvalue weighted by Gasteiger charge is 2.26. The molecule has 0 saturated carbocycles. The first kappa shape index (κ1) is 25.8. The summed E-state index contributed by atoms with van der Waals surface area (Å²) >= 11 is 0. The summed E-state index contributed by atoms with van der Waals surface area (Å²) < 4.78 is 16.5. The van der Waals surface area contributed by atoms with Crippen molar-refractivity contribution < 1.29 is 23.5 Å².